The zero-order chi connectivity index (χ0) is 18.4. The van der Waals surface area contributed by atoms with Crippen LogP contribution in [0.2, 0.25) is 0 Å². The second kappa shape index (κ2) is 9.20. The molecule has 4 heteroatoms. The third-order valence-corrected chi connectivity index (χ3v) is 5.28. The molecule has 0 N–H and O–H groups in total. The molecule has 26 heavy (non-hydrogen) atoms. The minimum atomic E-state index is -0.508. The number of para-hydroxylation sites is 1. The number of halogens is 1. The Bertz CT molecular complexity index is 682. The van der Waals surface area contributed by atoms with Crippen LogP contribution >= 0.6 is 11.6 Å². The van der Waals surface area contributed by atoms with Crippen molar-refractivity contribution in [3.05, 3.63) is 66.2 Å². The Balaban J connectivity index is 1.60. The van der Waals surface area contributed by atoms with Gasteiger partial charge in [0.2, 0.25) is 5.91 Å². The van der Waals surface area contributed by atoms with Gasteiger partial charge in [0.15, 0.2) is 0 Å². The largest absolute Gasteiger partial charge is 0.308 e. The summed E-state index contributed by atoms with van der Waals surface area (Å²) in [7, 11) is 0. The Morgan fingerprint density at radius 1 is 1.08 bits per heavy atom. The molecule has 138 valence electrons. The topological polar surface area (TPSA) is 23.6 Å². The highest BCUT2D eigenvalue weighted by atomic mass is 35.5. The van der Waals surface area contributed by atoms with Gasteiger partial charge in [-0.3, -0.25) is 4.79 Å². The van der Waals surface area contributed by atoms with E-state index in [4.69, 9.17) is 11.6 Å². The van der Waals surface area contributed by atoms with Crippen molar-refractivity contribution in [2.75, 3.05) is 24.5 Å². The predicted octanol–water partition coefficient (Wildman–Crippen LogP) is 4.35. The minimum absolute atomic E-state index is 0.000558. The number of hydrogen-bond acceptors (Lipinski definition) is 2. The number of likely N-dealkylation sites (tertiary alicyclic amines) is 1. The summed E-state index contributed by atoms with van der Waals surface area (Å²) in [5.41, 5.74) is 2.33. The van der Waals surface area contributed by atoms with Crippen LogP contribution in [0.25, 0.3) is 0 Å². The molecule has 0 aromatic heterocycles. The standard InChI is InChI=1S/C22H27ClN2O/c1-18(23)22(26)25(20-10-6-3-7-11-20)21-13-16-24(17-14-21)15-12-19-8-4-2-5-9-19/h2-11,18,21H,12-17H2,1H3. The van der Waals surface area contributed by atoms with E-state index in [0.29, 0.717) is 0 Å². The number of nitrogens with zero attached hydrogens (tertiary/aromatic N) is 2. The minimum Gasteiger partial charge on any atom is -0.308 e. The SMILES string of the molecule is CC(Cl)C(=O)N(c1ccccc1)C1CCN(CCc2ccccc2)CC1. The van der Waals surface area contributed by atoms with Gasteiger partial charge in [-0.1, -0.05) is 48.5 Å². The van der Waals surface area contributed by atoms with E-state index in [2.05, 4.69) is 35.2 Å². The van der Waals surface area contributed by atoms with E-state index < -0.39 is 5.38 Å². The quantitative estimate of drug-likeness (QED) is 0.705. The van der Waals surface area contributed by atoms with Crippen LogP contribution < -0.4 is 4.90 Å². The number of hydrogen-bond donors (Lipinski definition) is 0. The van der Waals surface area contributed by atoms with Crippen LogP contribution in [-0.2, 0) is 11.2 Å². The monoisotopic (exact) mass is 370 g/mol. The fourth-order valence-electron chi connectivity index (χ4n) is 3.63. The van der Waals surface area contributed by atoms with Crippen LogP contribution in [0.4, 0.5) is 5.69 Å². The molecule has 1 saturated heterocycles. The van der Waals surface area contributed by atoms with Gasteiger partial charge >= 0.3 is 0 Å². The van der Waals surface area contributed by atoms with E-state index in [1.807, 2.05) is 35.2 Å². The van der Waals surface area contributed by atoms with Gasteiger partial charge in [0.25, 0.3) is 0 Å². The normalized spacial score (nSPS) is 17.0. The number of amides is 1. The second-order valence-electron chi connectivity index (χ2n) is 6.97. The van der Waals surface area contributed by atoms with Gasteiger partial charge in [0.1, 0.15) is 5.38 Å². The third kappa shape index (κ3) is 4.87. The number of carbonyl (C=O) groups is 1. The van der Waals surface area contributed by atoms with Crippen LogP contribution in [0.5, 0.6) is 0 Å². The number of rotatable bonds is 6. The molecule has 1 aliphatic rings. The van der Waals surface area contributed by atoms with E-state index in [-0.39, 0.29) is 11.9 Å². The molecule has 0 radical (unpaired) electrons. The Morgan fingerprint density at radius 2 is 1.65 bits per heavy atom. The summed E-state index contributed by atoms with van der Waals surface area (Å²) in [5, 5.41) is -0.508. The lowest BCUT2D eigenvalue weighted by atomic mass is 10.0. The van der Waals surface area contributed by atoms with Crippen LogP contribution in [0, 0.1) is 0 Å². The lowest BCUT2D eigenvalue weighted by Gasteiger charge is -2.39. The summed E-state index contributed by atoms with van der Waals surface area (Å²) in [6, 6.07) is 20.8. The van der Waals surface area contributed by atoms with E-state index >= 15 is 0 Å². The molecule has 1 atom stereocenters. The molecule has 0 bridgehead atoms. The lowest BCUT2D eigenvalue weighted by molar-refractivity contribution is -0.118. The fourth-order valence-corrected chi connectivity index (χ4v) is 3.74. The van der Waals surface area contributed by atoms with Crippen molar-refractivity contribution in [3.8, 4) is 0 Å². The number of piperidine rings is 1. The predicted molar refractivity (Wildman–Crippen MR) is 109 cm³/mol. The maximum absolute atomic E-state index is 12.7. The molecule has 1 fully saturated rings. The van der Waals surface area contributed by atoms with Gasteiger partial charge in [-0.25, -0.2) is 0 Å². The summed E-state index contributed by atoms with van der Waals surface area (Å²) in [5.74, 6) is 0.000558. The fraction of sp³-hybridized carbons (Fsp3) is 0.409. The first-order chi connectivity index (χ1) is 12.6. The molecule has 1 amide bonds. The van der Waals surface area contributed by atoms with Crippen molar-refractivity contribution in [2.24, 2.45) is 0 Å². The second-order valence-corrected chi connectivity index (χ2v) is 7.62. The first-order valence-electron chi connectivity index (χ1n) is 9.43. The first kappa shape index (κ1) is 18.9. The number of alkyl halides is 1. The van der Waals surface area contributed by atoms with Crippen LogP contribution in [0.3, 0.4) is 0 Å². The molecule has 1 heterocycles. The molecule has 0 aliphatic carbocycles. The Hall–Kier alpha value is -1.84. The average molecular weight is 371 g/mol. The van der Waals surface area contributed by atoms with Crippen molar-refractivity contribution in [1.29, 1.82) is 0 Å². The van der Waals surface area contributed by atoms with Crippen LogP contribution in [0.1, 0.15) is 25.3 Å². The zero-order valence-electron chi connectivity index (χ0n) is 15.4. The Labute approximate surface area is 161 Å². The number of anilines is 1. The highest BCUT2D eigenvalue weighted by Crippen LogP contribution is 2.25. The number of carbonyl (C=O) groups excluding carboxylic acids is 1. The van der Waals surface area contributed by atoms with Crippen LogP contribution in [-0.4, -0.2) is 41.9 Å². The smallest absolute Gasteiger partial charge is 0.245 e. The van der Waals surface area contributed by atoms with Crippen molar-refractivity contribution in [3.63, 3.8) is 0 Å². The van der Waals surface area contributed by atoms with Gasteiger partial charge in [0.05, 0.1) is 0 Å². The summed E-state index contributed by atoms with van der Waals surface area (Å²) < 4.78 is 0. The molecular formula is C22H27ClN2O. The van der Waals surface area contributed by atoms with Gasteiger partial charge in [-0.15, -0.1) is 11.6 Å². The van der Waals surface area contributed by atoms with E-state index in [0.717, 1.165) is 44.6 Å². The van der Waals surface area contributed by atoms with Gasteiger partial charge < -0.3 is 9.80 Å². The van der Waals surface area contributed by atoms with Gasteiger partial charge in [-0.2, -0.15) is 0 Å². The van der Waals surface area contributed by atoms with Gasteiger partial charge in [-0.05, 0) is 43.9 Å². The molecule has 2 aromatic rings. The van der Waals surface area contributed by atoms with Gasteiger partial charge in [0, 0.05) is 31.4 Å². The maximum Gasteiger partial charge on any atom is 0.245 e. The lowest BCUT2D eigenvalue weighted by Crippen LogP contribution is -2.49. The first-order valence-corrected chi connectivity index (χ1v) is 9.87. The summed E-state index contributed by atoms with van der Waals surface area (Å²) in [4.78, 5) is 17.1. The molecule has 2 aromatic carbocycles. The Kier molecular flexibility index (Phi) is 6.70. The van der Waals surface area contributed by atoms with E-state index in [1.165, 1.54) is 5.56 Å². The van der Waals surface area contributed by atoms with Crippen molar-refractivity contribution in [2.45, 2.75) is 37.6 Å². The van der Waals surface area contributed by atoms with E-state index in [1.54, 1.807) is 6.92 Å². The summed E-state index contributed by atoms with van der Waals surface area (Å²) in [6.45, 7) is 4.87. The Morgan fingerprint density at radius 3 is 2.23 bits per heavy atom. The molecule has 3 rings (SSSR count). The molecular weight excluding hydrogens is 344 g/mol. The van der Waals surface area contributed by atoms with E-state index in [9.17, 15) is 4.79 Å². The highest BCUT2D eigenvalue weighted by molar-refractivity contribution is 6.32. The van der Waals surface area contributed by atoms with Crippen LogP contribution in [0.15, 0.2) is 60.7 Å². The number of benzene rings is 2. The average Bonchev–Trinajstić information content (AvgIpc) is 2.69. The molecule has 1 aliphatic heterocycles. The molecule has 3 nitrogen and oxygen atoms in total. The molecule has 1 unspecified atom stereocenters. The third-order valence-electron chi connectivity index (χ3n) is 5.09. The maximum atomic E-state index is 12.7. The zero-order valence-corrected chi connectivity index (χ0v) is 16.1. The highest BCUT2D eigenvalue weighted by Gasteiger charge is 2.30. The summed E-state index contributed by atoms with van der Waals surface area (Å²) >= 11 is 6.14. The van der Waals surface area contributed by atoms with Crippen molar-refractivity contribution in [1.82, 2.24) is 4.90 Å². The molecule has 0 spiro atoms. The molecule has 0 saturated carbocycles. The summed E-state index contributed by atoms with van der Waals surface area (Å²) in [6.07, 6.45) is 3.05. The van der Waals surface area contributed by atoms with Crippen molar-refractivity contribution < 1.29 is 4.79 Å². The van der Waals surface area contributed by atoms with Crippen molar-refractivity contribution >= 4 is 23.2 Å².